The molecule has 0 spiro atoms. The minimum Gasteiger partial charge on any atom is -0.321 e. The number of imide groups is 1. The molecule has 2 heterocycles. The van der Waals surface area contributed by atoms with Gasteiger partial charge in [0.1, 0.15) is 5.69 Å². The van der Waals surface area contributed by atoms with Crippen LogP contribution >= 0.6 is 11.6 Å². The molecule has 2 aliphatic rings. The lowest BCUT2D eigenvalue weighted by Crippen LogP contribution is -2.31. The summed E-state index contributed by atoms with van der Waals surface area (Å²) in [5.74, 6) is -1.14. The van der Waals surface area contributed by atoms with Gasteiger partial charge in [0.25, 0.3) is 5.91 Å². The number of nitrogens with zero attached hydrogens (tertiary/aromatic N) is 2. The second kappa shape index (κ2) is 8.79. The number of rotatable bonds is 4. The van der Waals surface area contributed by atoms with Gasteiger partial charge < -0.3 is 5.32 Å². The molecule has 3 unspecified atom stereocenters. The van der Waals surface area contributed by atoms with E-state index in [1.165, 1.54) is 16.7 Å². The van der Waals surface area contributed by atoms with Crippen LogP contribution in [0.15, 0.2) is 72.9 Å². The van der Waals surface area contributed by atoms with Gasteiger partial charge in [0, 0.05) is 11.9 Å². The van der Waals surface area contributed by atoms with Crippen molar-refractivity contribution < 1.29 is 14.4 Å². The number of anilines is 2. The quantitative estimate of drug-likeness (QED) is 0.553. The second-order valence-corrected chi connectivity index (χ2v) is 8.89. The van der Waals surface area contributed by atoms with Gasteiger partial charge in [-0.1, -0.05) is 48.0 Å². The third-order valence-corrected chi connectivity index (χ3v) is 6.84. The highest BCUT2D eigenvalue weighted by Gasteiger charge is 2.51. The zero-order valence-corrected chi connectivity index (χ0v) is 18.5. The SMILES string of the molecule is O=C(Nc1ccc(N2C(=O)C3CCC(c4ccccc4)CC3C2=O)c(Cl)c1)c1ccccn1. The predicted molar refractivity (Wildman–Crippen MR) is 126 cm³/mol. The Morgan fingerprint density at radius 2 is 1.70 bits per heavy atom. The van der Waals surface area contributed by atoms with E-state index in [2.05, 4.69) is 22.4 Å². The van der Waals surface area contributed by atoms with E-state index in [1.807, 2.05) is 18.2 Å². The molecular formula is C26H22ClN3O3. The normalized spacial score (nSPS) is 22.2. The Kier molecular flexibility index (Phi) is 5.68. The molecule has 3 atom stereocenters. The highest BCUT2D eigenvalue weighted by atomic mass is 35.5. The number of pyridine rings is 1. The topological polar surface area (TPSA) is 79.4 Å². The number of nitrogens with one attached hydrogen (secondary N) is 1. The van der Waals surface area contributed by atoms with E-state index in [-0.39, 0.29) is 46.2 Å². The predicted octanol–water partition coefficient (Wildman–Crippen LogP) is 5.06. The van der Waals surface area contributed by atoms with Gasteiger partial charge in [-0.2, -0.15) is 0 Å². The van der Waals surface area contributed by atoms with Crippen LogP contribution in [0.4, 0.5) is 11.4 Å². The maximum atomic E-state index is 13.3. The highest BCUT2D eigenvalue weighted by molar-refractivity contribution is 6.36. The first kappa shape index (κ1) is 21.3. The Bertz CT molecular complexity index is 1220. The molecule has 3 aromatic rings. The maximum Gasteiger partial charge on any atom is 0.274 e. The Morgan fingerprint density at radius 3 is 2.42 bits per heavy atom. The summed E-state index contributed by atoms with van der Waals surface area (Å²) in [5, 5.41) is 2.97. The van der Waals surface area contributed by atoms with Gasteiger partial charge in [-0.15, -0.1) is 0 Å². The van der Waals surface area contributed by atoms with Crippen molar-refractivity contribution in [2.75, 3.05) is 10.2 Å². The molecule has 5 rings (SSSR count). The van der Waals surface area contributed by atoms with Crippen LogP contribution < -0.4 is 10.2 Å². The number of hydrogen-bond donors (Lipinski definition) is 1. The molecule has 3 amide bonds. The molecule has 1 aliphatic carbocycles. The molecule has 7 heteroatoms. The van der Waals surface area contributed by atoms with Crippen molar-refractivity contribution in [1.29, 1.82) is 0 Å². The third-order valence-electron chi connectivity index (χ3n) is 6.54. The smallest absolute Gasteiger partial charge is 0.274 e. The fourth-order valence-corrected chi connectivity index (χ4v) is 5.17. The van der Waals surface area contributed by atoms with Gasteiger partial charge >= 0.3 is 0 Å². The fourth-order valence-electron chi connectivity index (χ4n) is 4.90. The van der Waals surface area contributed by atoms with Crippen LogP contribution in [0.1, 0.15) is 41.2 Å². The molecule has 6 nitrogen and oxygen atoms in total. The van der Waals surface area contributed by atoms with Crippen LogP contribution in [0, 0.1) is 11.8 Å². The maximum absolute atomic E-state index is 13.3. The van der Waals surface area contributed by atoms with Gasteiger partial charge in [0.05, 0.1) is 22.5 Å². The summed E-state index contributed by atoms with van der Waals surface area (Å²) in [7, 11) is 0. The Morgan fingerprint density at radius 1 is 0.939 bits per heavy atom. The average molecular weight is 460 g/mol. The Hall–Kier alpha value is -3.51. The van der Waals surface area contributed by atoms with Crippen LogP contribution in [0.25, 0.3) is 0 Å². The molecule has 0 bridgehead atoms. The number of fused-ring (bicyclic) bond motifs is 1. The minimum absolute atomic E-state index is 0.191. The van der Waals surface area contributed by atoms with Crippen molar-refractivity contribution in [2.24, 2.45) is 11.8 Å². The summed E-state index contributed by atoms with van der Waals surface area (Å²) < 4.78 is 0. The molecule has 0 radical (unpaired) electrons. The fraction of sp³-hybridized carbons (Fsp3) is 0.231. The number of hydrogen-bond acceptors (Lipinski definition) is 4. The van der Waals surface area contributed by atoms with Crippen molar-refractivity contribution in [1.82, 2.24) is 4.98 Å². The molecule has 1 aliphatic heterocycles. The van der Waals surface area contributed by atoms with Crippen LogP contribution in [-0.4, -0.2) is 22.7 Å². The second-order valence-electron chi connectivity index (χ2n) is 8.48. The molecule has 1 saturated heterocycles. The van der Waals surface area contributed by atoms with E-state index in [0.29, 0.717) is 24.2 Å². The number of carbonyl (C=O) groups excluding carboxylic acids is 3. The van der Waals surface area contributed by atoms with Gasteiger partial charge in [0.15, 0.2) is 0 Å². The van der Waals surface area contributed by atoms with Crippen molar-refractivity contribution in [3.8, 4) is 0 Å². The Labute approximate surface area is 196 Å². The average Bonchev–Trinajstić information content (AvgIpc) is 3.10. The summed E-state index contributed by atoms with van der Waals surface area (Å²) >= 11 is 6.48. The van der Waals surface area contributed by atoms with Crippen LogP contribution in [-0.2, 0) is 9.59 Å². The largest absolute Gasteiger partial charge is 0.321 e. The number of halogens is 1. The Balaban J connectivity index is 1.35. The monoisotopic (exact) mass is 459 g/mol. The first-order chi connectivity index (χ1) is 16.0. The van der Waals surface area contributed by atoms with Crippen molar-refractivity contribution in [3.63, 3.8) is 0 Å². The molecular weight excluding hydrogens is 438 g/mol. The van der Waals surface area contributed by atoms with Crippen LogP contribution in [0.2, 0.25) is 5.02 Å². The van der Waals surface area contributed by atoms with Gasteiger partial charge in [-0.25, -0.2) is 4.90 Å². The molecule has 1 N–H and O–H groups in total. The van der Waals surface area contributed by atoms with E-state index in [4.69, 9.17) is 11.6 Å². The van der Waals surface area contributed by atoms with E-state index < -0.39 is 0 Å². The summed E-state index contributed by atoms with van der Waals surface area (Å²) in [5.41, 5.74) is 2.30. The van der Waals surface area contributed by atoms with Crippen molar-refractivity contribution in [3.05, 3.63) is 89.2 Å². The number of aromatic nitrogens is 1. The molecule has 2 fully saturated rings. The van der Waals surface area contributed by atoms with E-state index in [9.17, 15) is 14.4 Å². The molecule has 1 saturated carbocycles. The summed E-state index contributed by atoms with van der Waals surface area (Å²) in [6.45, 7) is 0. The zero-order valence-electron chi connectivity index (χ0n) is 17.8. The first-order valence-corrected chi connectivity index (χ1v) is 11.4. The lowest BCUT2D eigenvalue weighted by atomic mass is 9.73. The molecule has 166 valence electrons. The molecule has 2 aromatic carbocycles. The lowest BCUT2D eigenvalue weighted by Gasteiger charge is -2.28. The lowest BCUT2D eigenvalue weighted by molar-refractivity contribution is -0.122. The van der Waals surface area contributed by atoms with E-state index in [0.717, 1.165) is 6.42 Å². The highest BCUT2D eigenvalue weighted by Crippen LogP contribution is 2.46. The molecule has 1 aromatic heterocycles. The van der Waals surface area contributed by atoms with Crippen molar-refractivity contribution in [2.45, 2.75) is 25.2 Å². The van der Waals surface area contributed by atoms with Crippen molar-refractivity contribution >= 4 is 40.7 Å². The van der Waals surface area contributed by atoms with Gasteiger partial charge in [-0.05, 0) is 61.1 Å². The van der Waals surface area contributed by atoms with E-state index in [1.54, 1.807) is 36.4 Å². The number of amides is 3. The van der Waals surface area contributed by atoms with E-state index >= 15 is 0 Å². The van der Waals surface area contributed by atoms with Gasteiger partial charge in [0.2, 0.25) is 11.8 Å². The standard InChI is InChI=1S/C26H22ClN3O3/c27-21-15-18(29-24(31)22-8-4-5-13-28-22)10-12-23(21)30-25(32)19-11-9-17(14-20(19)26(30)33)16-6-2-1-3-7-16/h1-8,10,12-13,15,17,19-20H,9,11,14H2,(H,29,31). The summed E-state index contributed by atoms with van der Waals surface area (Å²) in [6, 6.07) is 20.0. The zero-order chi connectivity index (χ0) is 22.9. The van der Waals surface area contributed by atoms with Crippen LogP contribution in [0.5, 0.6) is 0 Å². The minimum atomic E-state index is -0.370. The summed E-state index contributed by atoms with van der Waals surface area (Å²) in [6.07, 6.45) is 3.76. The number of carbonyl (C=O) groups is 3. The third kappa shape index (κ3) is 4.02. The number of benzene rings is 2. The molecule has 33 heavy (non-hydrogen) atoms. The summed E-state index contributed by atoms with van der Waals surface area (Å²) in [4.78, 5) is 44.1. The van der Waals surface area contributed by atoms with Gasteiger partial charge in [-0.3, -0.25) is 19.4 Å². The first-order valence-electron chi connectivity index (χ1n) is 11.0. The van der Waals surface area contributed by atoms with Crippen LogP contribution in [0.3, 0.4) is 0 Å².